The molecule has 0 unspecified atom stereocenters. The minimum absolute atomic E-state index is 0.866. The first-order valence-electron chi connectivity index (χ1n) is 12.2. The summed E-state index contributed by atoms with van der Waals surface area (Å²) in [6.07, 6.45) is 7.14. The molecule has 2 saturated heterocycles. The smallest absolute Gasteiger partial charge is 0.150 e. The quantitative estimate of drug-likeness (QED) is 0.646. The van der Waals surface area contributed by atoms with E-state index in [0.29, 0.717) is 0 Å². The molecule has 1 saturated carbocycles. The van der Waals surface area contributed by atoms with Crippen molar-refractivity contribution in [2.45, 2.75) is 38.1 Å². The minimum atomic E-state index is 0.866. The van der Waals surface area contributed by atoms with Crippen LogP contribution in [0.15, 0.2) is 24.3 Å². The number of nitrogens with one attached hydrogen (secondary N) is 1. The zero-order chi connectivity index (χ0) is 22.2. The van der Waals surface area contributed by atoms with Crippen LogP contribution in [0.1, 0.15) is 32.1 Å². The average Bonchev–Trinajstić information content (AvgIpc) is 3.29. The number of rotatable bonds is 5. The van der Waals surface area contributed by atoms with E-state index < -0.39 is 0 Å². The van der Waals surface area contributed by atoms with Crippen LogP contribution in [-0.2, 0) is 0 Å². The third-order valence-corrected chi connectivity index (χ3v) is 8.19. The van der Waals surface area contributed by atoms with E-state index in [1.54, 1.807) is 11.5 Å². The van der Waals surface area contributed by atoms with E-state index in [1.165, 1.54) is 93.8 Å². The van der Waals surface area contributed by atoms with Gasteiger partial charge in [0.05, 0.1) is 10.2 Å². The number of anilines is 1. The second-order valence-corrected chi connectivity index (χ2v) is 10.3. The van der Waals surface area contributed by atoms with Gasteiger partial charge >= 0.3 is 0 Å². The normalized spacial score (nSPS) is 25.3. The van der Waals surface area contributed by atoms with Gasteiger partial charge in [-0.25, -0.2) is 0 Å². The lowest BCUT2D eigenvalue weighted by Gasteiger charge is -2.40. The lowest BCUT2D eigenvalue weighted by atomic mass is 9.83. The van der Waals surface area contributed by atoms with Gasteiger partial charge in [0.1, 0.15) is 5.82 Å². The zero-order valence-electron chi connectivity index (χ0n) is 19.1. The Hall–Kier alpha value is -1.32. The highest BCUT2D eigenvalue weighted by Gasteiger charge is 2.27. The molecule has 0 spiro atoms. The van der Waals surface area contributed by atoms with Crippen molar-refractivity contribution >= 4 is 45.1 Å². The molecule has 176 valence electrons. The number of benzene rings is 1. The highest BCUT2D eigenvalue weighted by Crippen LogP contribution is 2.31. The number of hydrogen-bond acceptors (Lipinski definition) is 7. The van der Waals surface area contributed by atoms with Crippen LogP contribution >= 0.6 is 23.8 Å². The van der Waals surface area contributed by atoms with Crippen LogP contribution in [0.2, 0.25) is 0 Å². The first kappa shape index (κ1) is 23.8. The van der Waals surface area contributed by atoms with Crippen molar-refractivity contribution in [3.05, 3.63) is 24.3 Å². The van der Waals surface area contributed by atoms with Gasteiger partial charge in [-0.2, -0.15) is 4.37 Å². The Morgan fingerprint density at radius 3 is 2.44 bits per heavy atom. The lowest BCUT2D eigenvalue weighted by molar-refractivity contribution is 0.115. The second-order valence-electron chi connectivity index (χ2n) is 9.22. The molecule has 3 heterocycles. The van der Waals surface area contributed by atoms with Gasteiger partial charge in [-0.05, 0) is 68.2 Å². The summed E-state index contributed by atoms with van der Waals surface area (Å²) in [7, 11) is 0. The standard InChI is InChI=1S/C23H35N5S.CH3NS/c1-2-4-22-21(3-1)23(25-29-22)28-17-15-26(16-18-28)12-9-19-5-7-20(8-6-19)27-13-10-24-11-14-27;2-1-3/h1-4,19-20,24H,5-18H2;1H,(H2,2,3)/t19-,20-;. The number of fused-ring (bicyclic) bond motifs is 1. The van der Waals surface area contributed by atoms with E-state index in [0.717, 1.165) is 30.5 Å². The molecule has 8 heteroatoms. The molecule has 2 aromatic rings. The van der Waals surface area contributed by atoms with Gasteiger partial charge in [-0.3, -0.25) is 9.80 Å². The maximum atomic E-state index is 4.75. The molecule has 1 aromatic heterocycles. The Kier molecular flexibility index (Phi) is 9.11. The van der Waals surface area contributed by atoms with Crippen LogP contribution in [0.5, 0.6) is 0 Å². The zero-order valence-corrected chi connectivity index (χ0v) is 20.8. The number of nitrogens with two attached hydrogens (primary N) is 1. The van der Waals surface area contributed by atoms with Crippen molar-refractivity contribution in [1.29, 1.82) is 0 Å². The minimum Gasteiger partial charge on any atom is -0.396 e. The molecular formula is C24H38N6S2. The fourth-order valence-corrected chi connectivity index (χ4v) is 6.29. The van der Waals surface area contributed by atoms with Gasteiger partial charge in [0.25, 0.3) is 0 Å². The predicted octanol–water partition coefficient (Wildman–Crippen LogP) is 3.17. The lowest BCUT2D eigenvalue weighted by Crippen LogP contribution is -2.49. The Balaban J connectivity index is 0.000000775. The van der Waals surface area contributed by atoms with Crippen molar-refractivity contribution < 1.29 is 0 Å². The van der Waals surface area contributed by atoms with Crippen LogP contribution in [0, 0.1) is 5.92 Å². The molecule has 0 amide bonds. The molecule has 3 aliphatic rings. The third-order valence-electron chi connectivity index (χ3n) is 7.37. The summed E-state index contributed by atoms with van der Waals surface area (Å²) < 4.78 is 6.06. The fourth-order valence-electron chi connectivity index (χ4n) is 5.50. The Morgan fingerprint density at radius 1 is 1.03 bits per heavy atom. The molecule has 0 radical (unpaired) electrons. The van der Waals surface area contributed by atoms with Gasteiger partial charge in [-0.15, -0.1) is 0 Å². The third kappa shape index (κ3) is 6.17. The molecule has 1 aliphatic carbocycles. The van der Waals surface area contributed by atoms with Crippen LogP contribution in [0.3, 0.4) is 0 Å². The molecule has 2 aliphatic heterocycles. The predicted molar refractivity (Wildman–Crippen MR) is 141 cm³/mol. The monoisotopic (exact) mass is 474 g/mol. The number of nitrogens with zero attached hydrogens (tertiary/aromatic N) is 4. The van der Waals surface area contributed by atoms with Crippen molar-refractivity contribution in [3.8, 4) is 0 Å². The number of aromatic nitrogens is 1. The maximum absolute atomic E-state index is 4.75. The topological polar surface area (TPSA) is 60.7 Å². The van der Waals surface area contributed by atoms with Gasteiger partial charge in [0, 0.05) is 63.8 Å². The van der Waals surface area contributed by atoms with Crippen LogP contribution in [0.25, 0.3) is 10.1 Å². The number of hydrogen-bond donors (Lipinski definition) is 2. The first-order chi connectivity index (χ1) is 15.8. The largest absolute Gasteiger partial charge is 0.396 e. The molecule has 3 fully saturated rings. The van der Waals surface area contributed by atoms with E-state index in [1.807, 2.05) is 0 Å². The molecule has 5 rings (SSSR count). The summed E-state index contributed by atoms with van der Waals surface area (Å²) in [5.41, 5.74) is 5.62. The summed E-state index contributed by atoms with van der Waals surface area (Å²) in [4.78, 5) is 7.93. The van der Waals surface area contributed by atoms with Gasteiger partial charge in [0.15, 0.2) is 0 Å². The highest BCUT2D eigenvalue weighted by molar-refractivity contribution is 7.78. The molecule has 1 aromatic carbocycles. The van der Waals surface area contributed by atoms with Crippen molar-refractivity contribution in [3.63, 3.8) is 0 Å². The Bertz CT molecular complexity index is 821. The molecule has 3 N–H and O–H groups in total. The summed E-state index contributed by atoms with van der Waals surface area (Å²) in [5.74, 6) is 2.16. The Labute approximate surface area is 202 Å². The number of thiocarbonyl (C=S) groups is 1. The van der Waals surface area contributed by atoms with Gasteiger partial charge < -0.3 is 16.0 Å². The Morgan fingerprint density at radius 2 is 1.72 bits per heavy atom. The van der Waals surface area contributed by atoms with Crippen molar-refractivity contribution in [2.75, 3.05) is 63.8 Å². The average molecular weight is 475 g/mol. The van der Waals surface area contributed by atoms with Crippen LogP contribution < -0.4 is 16.0 Å². The highest BCUT2D eigenvalue weighted by atomic mass is 32.1. The van der Waals surface area contributed by atoms with Gasteiger partial charge in [0.2, 0.25) is 0 Å². The molecular weight excluding hydrogens is 436 g/mol. The van der Waals surface area contributed by atoms with Crippen molar-refractivity contribution in [2.24, 2.45) is 11.7 Å². The summed E-state index contributed by atoms with van der Waals surface area (Å²) in [6.45, 7) is 10.8. The molecule has 0 atom stereocenters. The summed E-state index contributed by atoms with van der Waals surface area (Å²) in [5, 5.41) is 4.81. The second kappa shape index (κ2) is 12.2. The fraction of sp³-hybridized carbons (Fsp3) is 0.667. The van der Waals surface area contributed by atoms with Crippen LogP contribution in [0.4, 0.5) is 5.82 Å². The van der Waals surface area contributed by atoms with E-state index in [4.69, 9.17) is 4.37 Å². The molecule has 0 bridgehead atoms. The van der Waals surface area contributed by atoms with E-state index in [9.17, 15) is 0 Å². The van der Waals surface area contributed by atoms with Crippen LogP contribution in [-0.4, -0.2) is 84.6 Å². The maximum Gasteiger partial charge on any atom is 0.150 e. The van der Waals surface area contributed by atoms with E-state index in [2.05, 4.69) is 62.2 Å². The molecule has 32 heavy (non-hydrogen) atoms. The van der Waals surface area contributed by atoms with Crippen molar-refractivity contribution in [1.82, 2.24) is 19.5 Å². The molecule has 6 nitrogen and oxygen atoms in total. The number of piperazine rings is 2. The summed E-state index contributed by atoms with van der Waals surface area (Å²) >= 11 is 5.68. The first-order valence-corrected chi connectivity index (χ1v) is 13.4. The van der Waals surface area contributed by atoms with E-state index in [-0.39, 0.29) is 0 Å². The summed E-state index contributed by atoms with van der Waals surface area (Å²) in [6, 6.07) is 9.51. The van der Waals surface area contributed by atoms with E-state index >= 15 is 0 Å². The SMILES string of the molecule is NC=S.c1ccc2c(N3CCN(CC[C@H]4CC[C@H](N5CCNCC5)CC4)CC3)nsc2c1. The van der Waals surface area contributed by atoms with Gasteiger partial charge in [-0.1, -0.05) is 24.4 Å².